The van der Waals surface area contributed by atoms with Gasteiger partial charge >= 0.3 is 0 Å². The van der Waals surface area contributed by atoms with Crippen molar-refractivity contribution in [1.82, 2.24) is 15.0 Å². The number of benzene rings is 9. The van der Waals surface area contributed by atoms with Crippen LogP contribution < -0.4 is 0 Å². The van der Waals surface area contributed by atoms with Crippen molar-refractivity contribution in [2.24, 2.45) is 0 Å². The molecule has 62 heavy (non-hydrogen) atoms. The third kappa shape index (κ3) is 5.80. The first-order valence-corrected chi connectivity index (χ1v) is 21.0. The molecule has 0 radical (unpaired) electrons. The number of hydrogen-bond donors (Lipinski definition) is 0. The summed E-state index contributed by atoms with van der Waals surface area (Å²) in [7, 11) is 0. The van der Waals surface area contributed by atoms with Crippen LogP contribution >= 0.6 is 0 Å². The van der Waals surface area contributed by atoms with Crippen molar-refractivity contribution in [2.75, 3.05) is 0 Å². The summed E-state index contributed by atoms with van der Waals surface area (Å²) in [6, 6.07) is 79.4. The third-order valence-electron chi connectivity index (χ3n) is 12.4. The zero-order valence-corrected chi connectivity index (χ0v) is 33.6. The molecule has 4 nitrogen and oxygen atoms in total. The Balaban J connectivity index is 1.10. The van der Waals surface area contributed by atoms with Gasteiger partial charge in [-0.15, -0.1) is 0 Å². The third-order valence-corrected chi connectivity index (χ3v) is 12.4. The average molecular weight is 792 g/mol. The first-order valence-electron chi connectivity index (χ1n) is 21.0. The zero-order valence-electron chi connectivity index (χ0n) is 33.6. The Kier molecular flexibility index (Phi) is 8.36. The number of furan rings is 1. The SMILES string of the molecule is c1ccc(-c2cc(-c3ccccc3)cc(-c3nc(-c4cccc(C5(c6ccccc6)c6ccccc6-c6ccccc65)c4)nc(-c4ccc5c(c4)oc4ccccc45)n3)c2)cc1. The van der Waals surface area contributed by atoms with Crippen LogP contribution in [0.25, 0.3) is 89.5 Å². The van der Waals surface area contributed by atoms with E-state index in [1.54, 1.807) is 0 Å². The maximum Gasteiger partial charge on any atom is 0.164 e. The molecule has 0 unspecified atom stereocenters. The van der Waals surface area contributed by atoms with Gasteiger partial charge < -0.3 is 4.42 Å². The number of hydrogen-bond acceptors (Lipinski definition) is 4. The molecular formula is C58H37N3O. The Morgan fingerprint density at radius 1 is 0.290 bits per heavy atom. The maximum absolute atomic E-state index is 6.39. The predicted octanol–water partition coefficient (Wildman–Crippen LogP) is 14.5. The number of aromatic nitrogens is 3. The average Bonchev–Trinajstić information content (AvgIpc) is 3.88. The van der Waals surface area contributed by atoms with Gasteiger partial charge in [-0.2, -0.15) is 0 Å². The molecule has 0 fully saturated rings. The molecule has 0 saturated carbocycles. The Morgan fingerprint density at radius 3 is 1.40 bits per heavy atom. The monoisotopic (exact) mass is 791 g/mol. The van der Waals surface area contributed by atoms with Crippen molar-refractivity contribution in [3.63, 3.8) is 0 Å². The Morgan fingerprint density at radius 2 is 0.758 bits per heavy atom. The van der Waals surface area contributed by atoms with Gasteiger partial charge in [0.1, 0.15) is 11.2 Å². The zero-order chi connectivity index (χ0) is 41.0. The van der Waals surface area contributed by atoms with Gasteiger partial charge in [-0.3, -0.25) is 0 Å². The second-order valence-electron chi connectivity index (χ2n) is 15.9. The second kappa shape index (κ2) is 14.5. The lowest BCUT2D eigenvalue weighted by atomic mass is 9.67. The van der Waals surface area contributed by atoms with Crippen LogP contribution in [0.3, 0.4) is 0 Å². The molecule has 0 bridgehead atoms. The highest BCUT2D eigenvalue weighted by Gasteiger charge is 2.46. The Bertz CT molecular complexity index is 3360. The summed E-state index contributed by atoms with van der Waals surface area (Å²) in [5.41, 5.74) is 15.5. The molecule has 0 N–H and O–H groups in total. The van der Waals surface area contributed by atoms with Crippen LogP contribution in [-0.2, 0) is 5.41 Å². The fraction of sp³-hybridized carbons (Fsp3) is 0.0172. The van der Waals surface area contributed by atoms with Gasteiger partial charge in [0.15, 0.2) is 17.5 Å². The van der Waals surface area contributed by atoms with E-state index in [2.05, 4.69) is 194 Å². The molecule has 2 heterocycles. The fourth-order valence-corrected chi connectivity index (χ4v) is 9.58. The van der Waals surface area contributed by atoms with Crippen molar-refractivity contribution in [1.29, 1.82) is 0 Å². The van der Waals surface area contributed by atoms with E-state index in [4.69, 9.17) is 19.4 Å². The molecule has 11 aromatic rings. The van der Waals surface area contributed by atoms with Gasteiger partial charge in [-0.25, -0.2) is 15.0 Å². The molecule has 1 aliphatic carbocycles. The van der Waals surface area contributed by atoms with Crippen molar-refractivity contribution in [3.8, 4) is 67.5 Å². The summed E-state index contributed by atoms with van der Waals surface area (Å²) >= 11 is 0. The van der Waals surface area contributed by atoms with Crippen LogP contribution in [0, 0.1) is 0 Å². The van der Waals surface area contributed by atoms with E-state index in [9.17, 15) is 0 Å². The molecule has 0 amide bonds. The Hall–Kier alpha value is -8.21. The molecule has 9 aromatic carbocycles. The summed E-state index contributed by atoms with van der Waals surface area (Å²) in [6.07, 6.45) is 0. The van der Waals surface area contributed by atoms with Crippen molar-refractivity contribution in [2.45, 2.75) is 5.41 Å². The second-order valence-corrected chi connectivity index (χ2v) is 15.9. The van der Waals surface area contributed by atoms with E-state index < -0.39 is 5.41 Å². The molecular weight excluding hydrogens is 755 g/mol. The van der Waals surface area contributed by atoms with E-state index >= 15 is 0 Å². The van der Waals surface area contributed by atoms with Crippen LogP contribution in [0.1, 0.15) is 22.3 Å². The number of rotatable bonds is 7. The quantitative estimate of drug-likeness (QED) is 0.161. The van der Waals surface area contributed by atoms with Gasteiger partial charge in [0.05, 0.1) is 5.41 Å². The van der Waals surface area contributed by atoms with Crippen LogP contribution in [0.15, 0.2) is 229 Å². The summed E-state index contributed by atoms with van der Waals surface area (Å²) in [4.78, 5) is 16.0. The van der Waals surface area contributed by atoms with Crippen molar-refractivity contribution >= 4 is 21.9 Å². The topological polar surface area (TPSA) is 51.8 Å². The molecule has 0 saturated heterocycles. The lowest BCUT2D eigenvalue weighted by Gasteiger charge is -2.34. The highest BCUT2D eigenvalue weighted by Crippen LogP contribution is 2.56. The Labute approximate surface area is 359 Å². The highest BCUT2D eigenvalue weighted by atomic mass is 16.3. The predicted molar refractivity (Wildman–Crippen MR) is 252 cm³/mol. The molecule has 290 valence electrons. The van der Waals surface area contributed by atoms with Gasteiger partial charge in [0, 0.05) is 27.5 Å². The molecule has 0 atom stereocenters. The van der Waals surface area contributed by atoms with Gasteiger partial charge in [0.2, 0.25) is 0 Å². The van der Waals surface area contributed by atoms with Crippen LogP contribution in [-0.4, -0.2) is 15.0 Å². The number of para-hydroxylation sites is 1. The van der Waals surface area contributed by atoms with Crippen molar-refractivity contribution in [3.05, 3.63) is 247 Å². The summed E-state index contributed by atoms with van der Waals surface area (Å²) in [5.74, 6) is 1.74. The number of fused-ring (bicyclic) bond motifs is 6. The molecule has 2 aromatic heterocycles. The molecule has 1 aliphatic rings. The molecule has 0 spiro atoms. The van der Waals surface area contributed by atoms with E-state index in [1.165, 1.54) is 27.8 Å². The molecule has 0 aliphatic heterocycles. The van der Waals surface area contributed by atoms with Crippen molar-refractivity contribution < 1.29 is 4.42 Å². The van der Waals surface area contributed by atoms with Crippen LogP contribution in [0.2, 0.25) is 0 Å². The van der Waals surface area contributed by atoms with E-state index in [0.717, 1.165) is 66.4 Å². The van der Waals surface area contributed by atoms with Gasteiger partial charge in [-0.05, 0) is 98.1 Å². The summed E-state index contributed by atoms with van der Waals surface area (Å²) in [6.45, 7) is 0. The normalized spacial score (nSPS) is 12.6. The fourth-order valence-electron chi connectivity index (χ4n) is 9.58. The molecule has 12 rings (SSSR count). The first kappa shape index (κ1) is 35.7. The minimum atomic E-state index is -0.565. The lowest BCUT2D eigenvalue weighted by molar-refractivity contribution is 0.669. The first-order chi connectivity index (χ1) is 30.7. The van der Waals surface area contributed by atoms with Gasteiger partial charge in [-0.1, -0.05) is 182 Å². The molecule has 4 heteroatoms. The standard InChI is InChI=1S/C58H37N3O/c1-4-17-38(18-5-1)42-33-43(39-19-6-2-7-20-39)35-44(34-42)57-60-55(59-56(61-57)41-31-32-50-49-27-12-15-30-53(49)62-54(50)37-41)40-21-16-24-46(36-40)58(45-22-8-3-9-23-45)51-28-13-10-25-47(51)48-26-11-14-29-52(48)58/h1-37H. The van der Waals surface area contributed by atoms with Gasteiger partial charge in [0.25, 0.3) is 0 Å². The minimum Gasteiger partial charge on any atom is -0.456 e. The highest BCUT2D eigenvalue weighted by molar-refractivity contribution is 6.05. The van der Waals surface area contributed by atoms with E-state index in [-0.39, 0.29) is 0 Å². The van der Waals surface area contributed by atoms with Crippen LogP contribution in [0.4, 0.5) is 0 Å². The minimum absolute atomic E-state index is 0.565. The maximum atomic E-state index is 6.39. The van der Waals surface area contributed by atoms with E-state index in [0.29, 0.717) is 17.5 Å². The van der Waals surface area contributed by atoms with E-state index in [1.807, 2.05) is 30.3 Å². The summed E-state index contributed by atoms with van der Waals surface area (Å²) < 4.78 is 6.39. The summed E-state index contributed by atoms with van der Waals surface area (Å²) in [5, 5.41) is 2.13. The number of nitrogens with zero attached hydrogens (tertiary/aromatic N) is 3. The largest absolute Gasteiger partial charge is 0.456 e. The lowest BCUT2D eigenvalue weighted by Crippen LogP contribution is -2.28. The van der Waals surface area contributed by atoms with Crippen LogP contribution in [0.5, 0.6) is 0 Å². The smallest absolute Gasteiger partial charge is 0.164 e.